The molecule has 1 amide bonds. The van der Waals surface area contributed by atoms with E-state index in [0.717, 1.165) is 0 Å². The van der Waals surface area contributed by atoms with E-state index in [9.17, 15) is 18.0 Å². The molecule has 2 aliphatic rings. The molecule has 0 aliphatic carbocycles. The lowest BCUT2D eigenvalue weighted by molar-refractivity contribution is -0.153. The molecule has 4 nitrogen and oxygen atoms in total. The van der Waals surface area contributed by atoms with E-state index in [1.165, 1.54) is 4.90 Å². The number of nitrogens with one attached hydrogen (secondary N) is 1. The highest BCUT2D eigenvalue weighted by atomic mass is 19.4. The number of halogens is 3. The zero-order chi connectivity index (χ0) is 12.5. The van der Waals surface area contributed by atoms with Crippen LogP contribution in [0.1, 0.15) is 0 Å². The van der Waals surface area contributed by atoms with Crippen molar-refractivity contribution in [2.75, 3.05) is 45.8 Å². The van der Waals surface area contributed by atoms with Crippen LogP contribution >= 0.6 is 0 Å². The quantitative estimate of drug-likeness (QED) is 0.745. The maximum Gasteiger partial charge on any atom is 0.401 e. The van der Waals surface area contributed by atoms with Crippen LogP contribution in [0, 0.1) is 5.92 Å². The lowest BCUT2D eigenvalue weighted by Crippen LogP contribution is -2.57. The van der Waals surface area contributed by atoms with Gasteiger partial charge in [0, 0.05) is 39.3 Å². The van der Waals surface area contributed by atoms with Gasteiger partial charge in [-0.25, -0.2) is 0 Å². The molecule has 1 N–H and O–H groups in total. The van der Waals surface area contributed by atoms with Crippen LogP contribution in [0.5, 0.6) is 0 Å². The zero-order valence-corrected chi connectivity index (χ0v) is 9.46. The second kappa shape index (κ2) is 4.81. The van der Waals surface area contributed by atoms with E-state index in [-0.39, 0.29) is 11.8 Å². The average Bonchev–Trinajstić information content (AvgIpc) is 2.13. The summed E-state index contributed by atoms with van der Waals surface area (Å²) in [5.74, 6) is 0.111. The molecule has 0 bridgehead atoms. The fourth-order valence-electron chi connectivity index (χ4n) is 2.10. The van der Waals surface area contributed by atoms with Gasteiger partial charge >= 0.3 is 6.18 Å². The number of hydrogen-bond acceptors (Lipinski definition) is 3. The van der Waals surface area contributed by atoms with Crippen LogP contribution in [0.4, 0.5) is 13.2 Å². The molecule has 0 spiro atoms. The third-order valence-corrected chi connectivity index (χ3v) is 3.22. The van der Waals surface area contributed by atoms with Crippen molar-refractivity contribution in [3.05, 3.63) is 0 Å². The fourth-order valence-corrected chi connectivity index (χ4v) is 2.10. The molecule has 0 saturated carbocycles. The smallest absolute Gasteiger partial charge is 0.340 e. The van der Waals surface area contributed by atoms with Crippen molar-refractivity contribution in [1.82, 2.24) is 15.1 Å². The molecular weight excluding hydrogens is 235 g/mol. The highest BCUT2D eigenvalue weighted by molar-refractivity contribution is 5.80. The van der Waals surface area contributed by atoms with E-state index in [1.807, 2.05) is 0 Å². The van der Waals surface area contributed by atoms with Crippen LogP contribution in [-0.2, 0) is 4.79 Å². The molecule has 2 heterocycles. The molecule has 2 fully saturated rings. The summed E-state index contributed by atoms with van der Waals surface area (Å²) in [6.45, 7) is 1.96. The Morgan fingerprint density at radius 1 is 1.18 bits per heavy atom. The average molecular weight is 251 g/mol. The normalized spacial score (nSPS) is 23.6. The topological polar surface area (TPSA) is 35.6 Å². The molecule has 98 valence electrons. The number of nitrogens with zero attached hydrogens (tertiary/aromatic N) is 2. The molecule has 0 radical (unpaired) electrons. The summed E-state index contributed by atoms with van der Waals surface area (Å²) in [7, 11) is 0. The molecule has 2 aliphatic heterocycles. The van der Waals surface area contributed by atoms with E-state index in [2.05, 4.69) is 5.32 Å². The standard InChI is InChI=1S/C10H16F3N3O/c11-10(12,13)7-15-1-3-16(4-2-15)9(17)8-5-14-6-8/h8,14H,1-7H2. The Bertz CT molecular complexity index is 283. The predicted molar refractivity (Wildman–Crippen MR) is 55.4 cm³/mol. The summed E-state index contributed by atoms with van der Waals surface area (Å²) in [4.78, 5) is 14.8. The highest BCUT2D eigenvalue weighted by Gasteiger charge is 2.35. The van der Waals surface area contributed by atoms with Gasteiger partial charge in [-0.1, -0.05) is 0 Å². The van der Waals surface area contributed by atoms with Gasteiger partial charge in [0.1, 0.15) is 0 Å². The Kier molecular flexibility index (Phi) is 3.58. The minimum Gasteiger partial charge on any atom is -0.340 e. The Hall–Kier alpha value is -0.820. The fraction of sp³-hybridized carbons (Fsp3) is 0.900. The van der Waals surface area contributed by atoms with Crippen LogP contribution in [0.2, 0.25) is 0 Å². The first-order valence-electron chi connectivity index (χ1n) is 5.74. The number of piperazine rings is 1. The van der Waals surface area contributed by atoms with Gasteiger partial charge in [0.15, 0.2) is 0 Å². The van der Waals surface area contributed by atoms with Crippen molar-refractivity contribution in [3.8, 4) is 0 Å². The lowest BCUT2D eigenvalue weighted by Gasteiger charge is -2.38. The first-order chi connectivity index (χ1) is 7.96. The first kappa shape index (κ1) is 12.6. The summed E-state index contributed by atoms with van der Waals surface area (Å²) in [6, 6.07) is 0. The van der Waals surface area contributed by atoms with E-state index in [4.69, 9.17) is 0 Å². The predicted octanol–water partition coefficient (Wildman–Crippen LogP) is -0.0877. The third-order valence-electron chi connectivity index (χ3n) is 3.22. The summed E-state index contributed by atoms with van der Waals surface area (Å²) in [5.41, 5.74) is 0. The molecule has 0 unspecified atom stereocenters. The Labute approximate surface area is 97.7 Å². The number of hydrogen-bond donors (Lipinski definition) is 1. The van der Waals surface area contributed by atoms with Crippen molar-refractivity contribution in [3.63, 3.8) is 0 Å². The summed E-state index contributed by atoms with van der Waals surface area (Å²) < 4.78 is 36.5. The summed E-state index contributed by atoms with van der Waals surface area (Å²) >= 11 is 0. The van der Waals surface area contributed by atoms with Crippen LogP contribution in [0.25, 0.3) is 0 Å². The maximum atomic E-state index is 12.2. The molecule has 0 atom stereocenters. The minimum atomic E-state index is -4.15. The number of rotatable bonds is 2. The highest BCUT2D eigenvalue weighted by Crippen LogP contribution is 2.18. The van der Waals surface area contributed by atoms with E-state index < -0.39 is 12.7 Å². The SMILES string of the molecule is O=C(C1CNC1)N1CCN(CC(F)(F)F)CC1. The molecule has 0 aromatic carbocycles. The van der Waals surface area contributed by atoms with Crippen molar-refractivity contribution < 1.29 is 18.0 Å². The summed E-state index contributed by atoms with van der Waals surface area (Å²) in [6.07, 6.45) is -4.15. The summed E-state index contributed by atoms with van der Waals surface area (Å²) in [5, 5.41) is 3.01. The number of carbonyl (C=O) groups excluding carboxylic acids is 1. The molecule has 0 aromatic rings. The van der Waals surface area contributed by atoms with Gasteiger partial charge in [0.25, 0.3) is 0 Å². The zero-order valence-electron chi connectivity index (χ0n) is 9.46. The van der Waals surface area contributed by atoms with Crippen molar-refractivity contribution in [2.24, 2.45) is 5.92 Å². The van der Waals surface area contributed by atoms with Gasteiger partial charge in [-0.05, 0) is 0 Å². The van der Waals surface area contributed by atoms with Gasteiger partial charge in [0.2, 0.25) is 5.91 Å². The second-order valence-electron chi connectivity index (χ2n) is 4.57. The van der Waals surface area contributed by atoms with Crippen molar-refractivity contribution in [2.45, 2.75) is 6.18 Å². The first-order valence-corrected chi connectivity index (χ1v) is 5.74. The molecule has 2 saturated heterocycles. The van der Waals surface area contributed by atoms with Crippen LogP contribution < -0.4 is 5.32 Å². The third kappa shape index (κ3) is 3.32. The Balaban J connectivity index is 1.75. The van der Waals surface area contributed by atoms with Gasteiger partial charge in [0.05, 0.1) is 12.5 Å². The Morgan fingerprint density at radius 2 is 1.76 bits per heavy atom. The molecule has 0 aromatic heterocycles. The van der Waals surface area contributed by atoms with Gasteiger partial charge < -0.3 is 10.2 Å². The van der Waals surface area contributed by atoms with Gasteiger partial charge in [-0.15, -0.1) is 0 Å². The molecular formula is C10H16F3N3O. The van der Waals surface area contributed by atoms with Crippen LogP contribution in [0.15, 0.2) is 0 Å². The van der Waals surface area contributed by atoms with Crippen LogP contribution in [0.3, 0.4) is 0 Å². The van der Waals surface area contributed by atoms with E-state index in [1.54, 1.807) is 4.90 Å². The van der Waals surface area contributed by atoms with E-state index >= 15 is 0 Å². The van der Waals surface area contributed by atoms with Gasteiger partial charge in [-0.2, -0.15) is 13.2 Å². The Morgan fingerprint density at radius 3 is 2.18 bits per heavy atom. The monoisotopic (exact) mass is 251 g/mol. The number of alkyl halides is 3. The number of amides is 1. The van der Waals surface area contributed by atoms with Crippen LogP contribution in [-0.4, -0.2) is 67.7 Å². The second-order valence-corrected chi connectivity index (χ2v) is 4.57. The molecule has 7 heteroatoms. The van der Waals surface area contributed by atoms with Crippen molar-refractivity contribution >= 4 is 5.91 Å². The number of carbonyl (C=O) groups is 1. The van der Waals surface area contributed by atoms with Gasteiger partial charge in [-0.3, -0.25) is 9.69 Å². The largest absolute Gasteiger partial charge is 0.401 e. The minimum absolute atomic E-state index is 0.0316. The molecule has 17 heavy (non-hydrogen) atoms. The molecule has 2 rings (SSSR count). The van der Waals surface area contributed by atoms with E-state index in [0.29, 0.717) is 39.3 Å². The lowest BCUT2D eigenvalue weighted by atomic mass is 10.0. The maximum absolute atomic E-state index is 12.2. The van der Waals surface area contributed by atoms with Crippen molar-refractivity contribution in [1.29, 1.82) is 0 Å².